The Bertz CT molecular complexity index is 1380. The van der Waals surface area contributed by atoms with Crippen LogP contribution in [0.25, 0.3) is 0 Å². The summed E-state index contributed by atoms with van der Waals surface area (Å²) in [6.07, 6.45) is -5.44. The zero-order chi connectivity index (χ0) is 32.9. The summed E-state index contributed by atoms with van der Waals surface area (Å²) < 4.78 is 52.4. The number of amides is 3. The van der Waals surface area contributed by atoms with E-state index >= 15 is 0 Å². The van der Waals surface area contributed by atoms with E-state index in [1.54, 1.807) is 11.4 Å². The lowest BCUT2D eigenvalue weighted by molar-refractivity contribution is -0.124. The third kappa shape index (κ3) is 10.5. The second-order valence-electron chi connectivity index (χ2n) is 10.7. The molecule has 0 spiro atoms. The Balaban J connectivity index is 1.38. The monoisotopic (exact) mass is 642 g/mol. The lowest BCUT2D eigenvalue weighted by Gasteiger charge is -2.30. The van der Waals surface area contributed by atoms with Gasteiger partial charge < -0.3 is 35.5 Å². The predicted molar refractivity (Wildman–Crippen MR) is 164 cm³/mol. The number of rotatable bonds is 12. The van der Waals surface area contributed by atoms with Crippen LogP contribution in [-0.4, -0.2) is 75.9 Å². The Morgan fingerprint density at radius 1 is 0.935 bits per heavy atom. The number of methoxy groups -OCH3 is 1. The van der Waals surface area contributed by atoms with E-state index in [-0.39, 0.29) is 25.4 Å². The topological polar surface area (TPSA) is 127 Å². The van der Waals surface area contributed by atoms with Gasteiger partial charge in [-0.15, -0.1) is 0 Å². The molecule has 1 heterocycles. The fraction of sp³-hybridized carbons (Fsp3) is 0.364. The first-order chi connectivity index (χ1) is 22.1. The number of carbonyl (C=O) groups is 3. The Kier molecular flexibility index (Phi) is 12.4. The van der Waals surface area contributed by atoms with Crippen LogP contribution in [0.3, 0.4) is 0 Å². The zero-order valence-corrected chi connectivity index (χ0v) is 25.2. The summed E-state index contributed by atoms with van der Waals surface area (Å²) in [6.45, 7) is -0.961. The highest BCUT2D eigenvalue weighted by Crippen LogP contribution is 2.30. The fourth-order valence-corrected chi connectivity index (χ4v) is 5.13. The molecule has 0 saturated carbocycles. The van der Waals surface area contributed by atoms with Crippen LogP contribution in [0.1, 0.15) is 29.0 Å². The highest BCUT2D eigenvalue weighted by molar-refractivity contribution is 5.98. The predicted octanol–water partition coefficient (Wildman–Crippen LogP) is 4.76. The van der Waals surface area contributed by atoms with Gasteiger partial charge in [-0.2, -0.15) is 13.2 Å². The van der Waals surface area contributed by atoms with Gasteiger partial charge in [-0.05, 0) is 35.6 Å². The molecule has 1 aliphatic heterocycles. The van der Waals surface area contributed by atoms with Crippen molar-refractivity contribution in [2.45, 2.75) is 43.1 Å². The molecule has 1 fully saturated rings. The molecule has 4 rings (SSSR count). The quantitative estimate of drug-likeness (QED) is 0.225. The molecule has 10 nitrogen and oxygen atoms in total. The van der Waals surface area contributed by atoms with Crippen LogP contribution in [0.4, 0.5) is 28.4 Å². The smallest absolute Gasteiger partial charge is 0.407 e. The number of morpholine rings is 1. The number of hydrogen-bond acceptors (Lipinski definition) is 7. The van der Waals surface area contributed by atoms with E-state index in [1.807, 2.05) is 78.9 Å². The van der Waals surface area contributed by atoms with Gasteiger partial charge in [-0.25, -0.2) is 9.59 Å². The molecule has 13 heteroatoms. The largest absolute Gasteiger partial charge is 0.453 e. The number of hydrogen-bond donors (Lipinski definition) is 4. The number of anilines is 1. The number of aryl methyl sites for hydroxylation is 1. The number of alkyl carbamates (subject to hydrolysis) is 2. The van der Waals surface area contributed by atoms with Crippen LogP contribution in [-0.2, 0) is 25.4 Å². The zero-order valence-electron chi connectivity index (χ0n) is 25.2. The Morgan fingerprint density at radius 2 is 1.57 bits per heavy atom. The van der Waals surface area contributed by atoms with Crippen molar-refractivity contribution in [1.82, 2.24) is 16.0 Å². The van der Waals surface area contributed by atoms with Crippen LogP contribution in [0, 0.1) is 0 Å². The molecular formula is C33H37F3N4O6. The maximum atomic E-state index is 13.9. The van der Waals surface area contributed by atoms with Gasteiger partial charge in [0.15, 0.2) is 0 Å². The minimum Gasteiger partial charge on any atom is -0.453 e. The molecule has 3 aromatic carbocycles. The molecule has 0 aromatic heterocycles. The van der Waals surface area contributed by atoms with Gasteiger partial charge in [-0.3, -0.25) is 4.79 Å². The maximum absolute atomic E-state index is 13.9. The molecule has 3 atom stereocenters. The number of carbonyl (C=O) groups excluding carboxylic acids is 3. The first-order valence-electron chi connectivity index (χ1n) is 14.8. The van der Waals surface area contributed by atoms with Crippen LogP contribution in [0.2, 0.25) is 0 Å². The van der Waals surface area contributed by atoms with Gasteiger partial charge in [0.25, 0.3) is 0 Å². The van der Waals surface area contributed by atoms with Crippen LogP contribution in [0.15, 0.2) is 84.9 Å². The molecule has 1 aliphatic rings. The molecule has 0 radical (unpaired) electrons. The third-order valence-corrected chi connectivity index (χ3v) is 7.42. The SMILES string of the molecule is COC(=O)N[C@H](C(=O)Nc1ccccc1CC[C@@H]1CN[C@H](COC(=O)NCC(F)(F)F)CO1)C(c1ccccc1)c1ccccc1. The highest BCUT2D eigenvalue weighted by atomic mass is 19.4. The second-order valence-corrected chi connectivity index (χ2v) is 10.7. The van der Waals surface area contributed by atoms with Crippen molar-refractivity contribution in [1.29, 1.82) is 0 Å². The van der Waals surface area contributed by atoms with E-state index < -0.39 is 42.8 Å². The van der Waals surface area contributed by atoms with Gasteiger partial charge in [0.2, 0.25) is 5.91 Å². The fourth-order valence-electron chi connectivity index (χ4n) is 5.13. The molecule has 246 valence electrons. The number of ether oxygens (including phenoxy) is 3. The molecule has 3 amide bonds. The van der Waals surface area contributed by atoms with Gasteiger partial charge >= 0.3 is 18.4 Å². The highest BCUT2D eigenvalue weighted by Gasteiger charge is 2.33. The molecule has 0 bridgehead atoms. The molecular weight excluding hydrogens is 605 g/mol. The van der Waals surface area contributed by atoms with Gasteiger partial charge in [0.05, 0.1) is 25.9 Å². The second kappa shape index (κ2) is 16.6. The standard InChI is InChI=1S/C33H37F3N4O6/c1-44-32(43)40-29(28(23-11-4-2-5-12-23)24-13-6-3-7-14-24)30(41)39-27-15-9-8-10-22(27)16-17-26-18-37-25(19-45-26)20-46-31(42)38-21-33(34,35)36/h2-15,25-26,28-29,37H,16-21H2,1H3,(H,38,42)(H,39,41)(H,40,43)/t25-,26+,29-/m0/s1. The molecule has 0 unspecified atom stereocenters. The van der Waals surface area contributed by atoms with Crippen molar-refractivity contribution in [3.05, 3.63) is 102 Å². The molecule has 4 N–H and O–H groups in total. The summed E-state index contributed by atoms with van der Waals surface area (Å²) in [5, 5.41) is 10.6. The maximum Gasteiger partial charge on any atom is 0.407 e. The summed E-state index contributed by atoms with van der Waals surface area (Å²) in [6, 6.07) is 24.9. The van der Waals surface area contributed by atoms with E-state index in [2.05, 4.69) is 16.0 Å². The molecule has 46 heavy (non-hydrogen) atoms. The average molecular weight is 643 g/mol. The lowest BCUT2D eigenvalue weighted by atomic mass is 9.84. The van der Waals surface area contributed by atoms with E-state index in [0.717, 1.165) is 16.7 Å². The van der Waals surface area contributed by atoms with E-state index in [4.69, 9.17) is 14.2 Å². The van der Waals surface area contributed by atoms with Crippen molar-refractivity contribution in [2.24, 2.45) is 0 Å². The summed E-state index contributed by atoms with van der Waals surface area (Å²) in [7, 11) is 1.24. The summed E-state index contributed by atoms with van der Waals surface area (Å²) in [5.74, 6) is -0.934. The summed E-state index contributed by atoms with van der Waals surface area (Å²) in [4.78, 5) is 37.9. The van der Waals surface area contributed by atoms with Gasteiger partial charge in [0, 0.05) is 18.2 Å². The Labute approximate surface area is 265 Å². The van der Waals surface area contributed by atoms with E-state index in [9.17, 15) is 27.6 Å². The number of alkyl halides is 3. The van der Waals surface area contributed by atoms with Crippen molar-refractivity contribution < 1.29 is 41.8 Å². The van der Waals surface area contributed by atoms with Crippen LogP contribution < -0.4 is 21.3 Å². The van der Waals surface area contributed by atoms with Gasteiger partial charge in [0.1, 0.15) is 19.2 Å². The van der Waals surface area contributed by atoms with E-state index in [0.29, 0.717) is 25.1 Å². The van der Waals surface area contributed by atoms with Crippen molar-refractivity contribution in [3.8, 4) is 0 Å². The Hall–Kier alpha value is -4.62. The average Bonchev–Trinajstić information content (AvgIpc) is 3.06. The first kappa shape index (κ1) is 34.3. The van der Waals surface area contributed by atoms with Crippen molar-refractivity contribution in [2.75, 3.05) is 38.7 Å². The summed E-state index contributed by atoms with van der Waals surface area (Å²) >= 11 is 0. The van der Waals surface area contributed by atoms with Gasteiger partial charge in [-0.1, -0.05) is 78.9 Å². The Morgan fingerprint density at radius 3 is 2.15 bits per heavy atom. The normalized spacial score (nSPS) is 17.1. The minimum atomic E-state index is -4.52. The number of nitrogens with one attached hydrogen (secondary N) is 4. The molecule has 0 aliphatic carbocycles. The van der Waals surface area contributed by atoms with Crippen LogP contribution in [0.5, 0.6) is 0 Å². The lowest BCUT2D eigenvalue weighted by Crippen LogP contribution is -2.49. The third-order valence-electron chi connectivity index (χ3n) is 7.42. The van der Waals surface area contributed by atoms with E-state index in [1.165, 1.54) is 7.11 Å². The number of benzene rings is 3. The first-order valence-corrected chi connectivity index (χ1v) is 14.8. The molecule has 3 aromatic rings. The van der Waals surface area contributed by atoms with Crippen LogP contribution >= 0.6 is 0 Å². The van der Waals surface area contributed by atoms with Crippen molar-refractivity contribution >= 4 is 23.8 Å². The molecule has 1 saturated heterocycles. The number of para-hydroxylation sites is 1. The summed E-state index contributed by atoms with van der Waals surface area (Å²) in [5.41, 5.74) is 3.13. The number of halogens is 3. The minimum absolute atomic E-state index is 0.140. The van der Waals surface area contributed by atoms with Crippen molar-refractivity contribution in [3.63, 3.8) is 0 Å².